The second-order valence-electron chi connectivity index (χ2n) is 3.93. The van der Waals surface area contributed by atoms with E-state index in [0.717, 1.165) is 5.75 Å². The van der Waals surface area contributed by atoms with Crippen molar-refractivity contribution in [1.82, 2.24) is 0 Å². The Morgan fingerprint density at radius 2 is 0.929 bits per heavy atom. The molecule has 0 aliphatic heterocycles. The second-order valence-corrected chi connectivity index (χ2v) is 5.44. The van der Waals surface area contributed by atoms with Crippen LogP contribution in [0.3, 0.4) is 0 Å². The zero-order chi connectivity index (χ0) is 10.5. The summed E-state index contributed by atoms with van der Waals surface area (Å²) in [6.45, 7) is 0. The molecule has 0 atom stereocenters. The van der Waals surface area contributed by atoms with Gasteiger partial charge in [0.25, 0.3) is 0 Å². The van der Waals surface area contributed by atoms with Crippen LogP contribution in [-0.2, 0) is 0 Å². The molecular formula is C12H25STb. The van der Waals surface area contributed by atoms with Gasteiger partial charge in [0.05, 0.1) is 0 Å². The third-order valence-corrected chi connectivity index (χ3v) is 3.60. The molecule has 0 aromatic rings. The number of rotatable bonds is 11. The van der Waals surface area contributed by atoms with Crippen molar-refractivity contribution in [2.45, 2.75) is 66.6 Å². The summed E-state index contributed by atoms with van der Waals surface area (Å²) in [6, 6.07) is 0. The van der Waals surface area contributed by atoms with Crippen molar-refractivity contribution < 1.29 is 36.6 Å². The first kappa shape index (κ1) is 15.6. The van der Waals surface area contributed by atoms with Crippen LogP contribution < -0.4 is 0 Å². The van der Waals surface area contributed by atoms with Crippen LogP contribution in [0.5, 0.6) is 0 Å². The van der Waals surface area contributed by atoms with E-state index in [2.05, 4.69) is 49.3 Å². The van der Waals surface area contributed by atoms with Crippen molar-refractivity contribution in [2.75, 3.05) is 5.75 Å². The van der Waals surface area contributed by atoms with Crippen molar-refractivity contribution >= 4 is 12.6 Å². The Labute approximate surface area is 120 Å². The van der Waals surface area contributed by atoms with Crippen molar-refractivity contribution in [1.29, 1.82) is 0 Å². The zero-order valence-corrected chi connectivity index (χ0v) is 12.3. The van der Waals surface area contributed by atoms with Crippen LogP contribution in [0.15, 0.2) is 0 Å². The predicted octanol–water partition coefficient (Wildman–Crippen LogP) is 4.78. The van der Waals surface area contributed by atoms with E-state index in [1.807, 2.05) is 0 Å². The summed E-state index contributed by atoms with van der Waals surface area (Å²) in [5, 5.41) is 0. The molecular weight excluding hydrogens is 335 g/mol. The van der Waals surface area contributed by atoms with E-state index >= 15 is 0 Å². The van der Waals surface area contributed by atoms with E-state index in [-0.39, 0.29) is 0 Å². The molecule has 0 N–H and O–H groups in total. The first-order chi connectivity index (χ1) is 6.91. The monoisotopic (exact) mass is 360 g/mol. The number of thiol groups is 1. The molecule has 2 heteroatoms. The van der Waals surface area contributed by atoms with E-state index in [1.54, 1.807) is 0 Å². The average molecular weight is 360 g/mol. The standard InChI is InChI=1S/C12H25S.Tb/c1-2-3-4-5-6-7-8-9-10-11-12-13;/h13H,1-12H2;. The molecule has 0 aromatic heterocycles. The van der Waals surface area contributed by atoms with Gasteiger partial charge in [-0.2, -0.15) is 12.6 Å². The van der Waals surface area contributed by atoms with Gasteiger partial charge >= 0.3 is 109 Å². The number of hydrogen-bond acceptors (Lipinski definition) is 1. The Bertz CT molecular complexity index is 84.3. The van der Waals surface area contributed by atoms with E-state index in [0.29, 0.717) is 0 Å². The zero-order valence-electron chi connectivity index (χ0n) is 9.27. The molecule has 0 rings (SSSR count). The SMILES string of the molecule is SCCCCCCCCCCC[CH2][Tb]. The minimum absolute atomic E-state index is 1.07. The van der Waals surface area contributed by atoms with Gasteiger partial charge in [0.2, 0.25) is 0 Å². The average Bonchev–Trinajstić information content (AvgIpc) is 2.21. The molecule has 0 saturated heterocycles. The fourth-order valence-corrected chi connectivity index (χ4v) is 2.37. The molecule has 0 aromatic carbocycles. The van der Waals surface area contributed by atoms with E-state index in [9.17, 15) is 0 Å². The molecule has 0 nitrogen and oxygen atoms in total. The van der Waals surface area contributed by atoms with Crippen LogP contribution in [0, 0.1) is 36.6 Å². The van der Waals surface area contributed by atoms with Gasteiger partial charge in [0, 0.05) is 0 Å². The van der Waals surface area contributed by atoms with Crippen LogP contribution >= 0.6 is 12.6 Å². The molecule has 0 spiro atoms. The Morgan fingerprint density at radius 1 is 0.571 bits per heavy atom. The molecule has 14 heavy (non-hydrogen) atoms. The third-order valence-electron chi connectivity index (χ3n) is 2.53. The Morgan fingerprint density at radius 3 is 1.29 bits per heavy atom. The fourth-order valence-electron chi connectivity index (χ4n) is 1.61. The van der Waals surface area contributed by atoms with Crippen LogP contribution in [0.25, 0.3) is 0 Å². The molecule has 88 valence electrons. The van der Waals surface area contributed by atoms with Crippen molar-refractivity contribution in [3.63, 3.8) is 0 Å². The Kier molecular flexibility index (Phi) is 16.3. The number of unbranched alkanes of at least 4 members (excludes halogenated alkanes) is 9. The maximum absolute atomic E-state index is 4.21. The normalized spacial score (nSPS) is 10.8. The molecule has 0 saturated carbocycles. The molecule has 0 amide bonds. The minimum atomic E-state index is 1.07. The molecule has 0 bridgehead atoms. The molecule has 0 aliphatic carbocycles. The first-order valence-corrected chi connectivity index (χ1v) is 8.20. The fraction of sp³-hybridized carbons (Fsp3) is 1.00. The molecule has 0 unspecified atom stereocenters. The summed E-state index contributed by atoms with van der Waals surface area (Å²) in [4.78, 5) is 0. The molecule has 0 heterocycles. The molecule has 0 fully saturated rings. The Balaban J connectivity index is 2.78. The molecule has 0 radical (unpaired) electrons. The van der Waals surface area contributed by atoms with Gasteiger partial charge in [-0.05, 0) is 0 Å². The summed E-state index contributed by atoms with van der Waals surface area (Å²) >= 11 is 6.49. The summed E-state index contributed by atoms with van der Waals surface area (Å²) < 4.78 is 1.36. The van der Waals surface area contributed by atoms with Crippen molar-refractivity contribution in [2.24, 2.45) is 0 Å². The summed E-state index contributed by atoms with van der Waals surface area (Å²) in [7, 11) is 0. The quantitative estimate of drug-likeness (QED) is 0.398. The topological polar surface area (TPSA) is 0 Å². The van der Waals surface area contributed by atoms with Gasteiger partial charge in [-0.3, -0.25) is 0 Å². The third kappa shape index (κ3) is 13.6. The summed E-state index contributed by atoms with van der Waals surface area (Å²) in [5.41, 5.74) is 0. The summed E-state index contributed by atoms with van der Waals surface area (Å²) in [6.07, 6.45) is 14.3. The molecule has 0 aliphatic rings. The number of hydrogen-bond donors (Lipinski definition) is 1. The maximum atomic E-state index is 4.21. The van der Waals surface area contributed by atoms with Crippen molar-refractivity contribution in [3.8, 4) is 0 Å². The van der Waals surface area contributed by atoms with Crippen LogP contribution in [0.1, 0.15) is 64.2 Å². The van der Waals surface area contributed by atoms with E-state index in [4.69, 9.17) is 0 Å². The first-order valence-electron chi connectivity index (χ1n) is 6.05. The van der Waals surface area contributed by atoms with Crippen LogP contribution in [0.4, 0.5) is 0 Å². The predicted molar refractivity (Wildman–Crippen MR) is 64.8 cm³/mol. The second kappa shape index (κ2) is 14.6. The van der Waals surface area contributed by atoms with Gasteiger partial charge in [-0.25, -0.2) is 0 Å². The van der Waals surface area contributed by atoms with Gasteiger partial charge < -0.3 is 0 Å². The van der Waals surface area contributed by atoms with E-state index < -0.39 is 0 Å². The van der Waals surface area contributed by atoms with Gasteiger partial charge in [0.15, 0.2) is 0 Å². The van der Waals surface area contributed by atoms with Crippen molar-refractivity contribution in [3.05, 3.63) is 0 Å². The van der Waals surface area contributed by atoms with Crippen LogP contribution in [0.2, 0.25) is 2.39 Å². The Hall–Kier alpha value is 1.64. The van der Waals surface area contributed by atoms with Gasteiger partial charge in [-0.1, -0.05) is 0 Å². The summed E-state index contributed by atoms with van der Waals surface area (Å²) in [5.74, 6) is 1.07. The van der Waals surface area contributed by atoms with E-state index in [1.165, 1.54) is 66.6 Å². The van der Waals surface area contributed by atoms with Crippen LogP contribution in [-0.4, -0.2) is 5.75 Å². The van der Waals surface area contributed by atoms with Gasteiger partial charge in [-0.15, -0.1) is 0 Å². The van der Waals surface area contributed by atoms with Gasteiger partial charge in [0.1, 0.15) is 0 Å².